The summed E-state index contributed by atoms with van der Waals surface area (Å²) in [6, 6.07) is 9.87. The minimum atomic E-state index is -4.49. The number of ether oxygens (including phenoxy) is 1. The number of nitriles is 1. The van der Waals surface area contributed by atoms with Gasteiger partial charge in [-0.3, -0.25) is 14.3 Å². The van der Waals surface area contributed by atoms with Crippen molar-refractivity contribution in [3.63, 3.8) is 0 Å². The van der Waals surface area contributed by atoms with Gasteiger partial charge in [-0.25, -0.2) is 0 Å². The van der Waals surface area contributed by atoms with Gasteiger partial charge >= 0.3 is 6.18 Å². The molecule has 1 N–H and O–H groups in total. The Morgan fingerprint density at radius 3 is 2.43 bits per heavy atom. The summed E-state index contributed by atoms with van der Waals surface area (Å²) in [5, 5.41) is 16.2. The zero-order chi connectivity index (χ0) is 25.5. The van der Waals surface area contributed by atoms with Gasteiger partial charge in [0.05, 0.1) is 42.2 Å². The predicted octanol–water partition coefficient (Wildman–Crippen LogP) is 4.64. The molecule has 2 aromatic carbocycles. The molecule has 0 radical (unpaired) electrons. The summed E-state index contributed by atoms with van der Waals surface area (Å²) in [4.78, 5) is 27.7. The molecule has 8 nitrogen and oxygen atoms in total. The van der Waals surface area contributed by atoms with Gasteiger partial charge in [-0.2, -0.15) is 23.5 Å². The van der Waals surface area contributed by atoms with E-state index in [1.54, 1.807) is 6.92 Å². The largest absolute Gasteiger partial charge is 0.495 e. The average molecular weight is 483 g/mol. The zero-order valence-electron chi connectivity index (χ0n) is 18.9. The van der Waals surface area contributed by atoms with Crippen molar-refractivity contribution in [3.05, 3.63) is 71.0 Å². The van der Waals surface area contributed by atoms with Crippen LogP contribution in [0.1, 0.15) is 51.9 Å². The fourth-order valence-corrected chi connectivity index (χ4v) is 3.99. The van der Waals surface area contributed by atoms with Crippen LogP contribution in [0.15, 0.2) is 48.7 Å². The fraction of sp³-hybridized carbons (Fsp3) is 0.250. The quantitative estimate of drug-likeness (QED) is 0.583. The Hall–Kier alpha value is -4.33. The van der Waals surface area contributed by atoms with E-state index in [0.717, 1.165) is 12.1 Å². The summed E-state index contributed by atoms with van der Waals surface area (Å²) in [5.74, 6) is -0.771. The van der Waals surface area contributed by atoms with E-state index in [4.69, 9.17) is 4.74 Å². The second-order valence-corrected chi connectivity index (χ2v) is 8.03. The number of aromatic nitrogens is 2. The standard InChI is InChI=1S/C24H20F3N5O3/c1-13-14(2)32-21(23(34)31(13)18-7-5-17(6-8-18)24(25,26)27)19(12-29-32)30-22(33)15-4-9-20(35-3)16(10-15)11-28/h4-10,12-14H,1-3H3,(H,30,33)/t13-,14-/m1/s1. The third kappa shape index (κ3) is 4.19. The van der Waals surface area contributed by atoms with Gasteiger partial charge in [-0.1, -0.05) is 0 Å². The third-order valence-corrected chi connectivity index (χ3v) is 6.01. The Bertz CT molecular complexity index is 1340. The lowest BCUT2D eigenvalue weighted by Gasteiger charge is -2.38. The molecule has 2 heterocycles. The van der Waals surface area contributed by atoms with Gasteiger partial charge in [0.25, 0.3) is 11.8 Å². The highest BCUT2D eigenvalue weighted by molar-refractivity contribution is 6.13. The number of fused-ring (bicyclic) bond motifs is 1. The number of carbonyl (C=O) groups is 2. The molecule has 3 aromatic rings. The molecule has 1 aliphatic rings. The summed E-state index contributed by atoms with van der Waals surface area (Å²) in [6.07, 6.45) is -3.15. The maximum Gasteiger partial charge on any atom is 0.416 e. The lowest BCUT2D eigenvalue weighted by Crippen LogP contribution is -2.49. The van der Waals surface area contributed by atoms with Crippen LogP contribution in [0.25, 0.3) is 0 Å². The van der Waals surface area contributed by atoms with Gasteiger partial charge in [0.1, 0.15) is 11.8 Å². The van der Waals surface area contributed by atoms with E-state index in [9.17, 15) is 28.0 Å². The molecular formula is C24H20F3N5O3. The van der Waals surface area contributed by atoms with Crippen molar-refractivity contribution < 1.29 is 27.5 Å². The summed E-state index contributed by atoms with van der Waals surface area (Å²) >= 11 is 0. The molecule has 0 saturated heterocycles. The summed E-state index contributed by atoms with van der Waals surface area (Å²) in [5.41, 5.74) is 0.0557. The lowest BCUT2D eigenvalue weighted by atomic mass is 10.0. The van der Waals surface area contributed by atoms with E-state index in [0.29, 0.717) is 11.4 Å². The van der Waals surface area contributed by atoms with Crippen molar-refractivity contribution in [3.8, 4) is 11.8 Å². The van der Waals surface area contributed by atoms with Gasteiger partial charge in [0.2, 0.25) is 0 Å². The average Bonchev–Trinajstić information content (AvgIpc) is 3.26. The molecule has 1 aliphatic heterocycles. The minimum absolute atomic E-state index is 0.0952. The van der Waals surface area contributed by atoms with Crippen LogP contribution in [0.3, 0.4) is 0 Å². The Morgan fingerprint density at radius 2 is 1.83 bits per heavy atom. The topological polar surface area (TPSA) is 100 Å². The SMILES string of the molecule is COc1ccc(C(=O)Nc2cnn3c2C(=O)N(c2ccc(C(F)(F)F)cc2)[C@H](C)[C@H]3C)cc1C#N. The predicted molar refractivity (Wildman–Crippen MR) is 120 cm³/mol. The number of alkyl halides is 3. The molecule has 1 aromatic heterocycles. The number of nitrogens with one attached hydrogen (secondary N) is 1. The number of amides is 2. The monoisotopic (exact) mass is 483 g/mol. The number of rotatable bonds is 4. The molecular weight excluding hydrogens is 463 g/mol. The van der Waals surface area contributed by atoms with E-state index in [1.807, 2.05) is 13.0 Å². The highest BCUT2D eigenvalue weighted by Crippen LogP contribution is 2.36. The van der Waals surface area contributed by atoms with Crippen LogP contribution in [0.5, 0.6) is 5.75 Å². The number of anilines is 2. The van der Waals surface area contributed by atoms with Crippen molar-refractivity contribution in [2.45, 2.75) is 32.1 Å². The van der Waals surface area contributed by atoms with Crippen molar-refractivity contribution in [1.82, 2.24) is 9.78 Å². The second kappa shape index (κ2) is 8.79. The van der Waals surface area contributed by atoms with Crippen LogP contribution in [0.2, 0.25) is 0 Å². The Morgan fingerprint density at radius 1 is 1.14 bits per heavy atom. The minimum Gasteiger partial charge on any atom is -0.495 e. The molecule has 11 heteroatoms. The maximum atomic E-state index is 13.5. The van der Waals surface area contributed by atoms with E-state index in [1.165, 1.54) is 53.2 Å². The first kappa shape index (κ1) is 23.8. The van der Waals surface area contributed by atoms with E-state index >= 15 is 0 Å². The van der Waals surface area contributed by atoms with Crippen molar-refractivity contribution in [2.75, 3.05) is 17.3 Å². The van der Waals surface area contributed by atoms with Gasteiger partial charge in [-0.05, 0) is 56.3 Å². The van der Waals surface area contributed by atoms with Crippen LogP contribution in [-0.4, -0.2) is 34.7 Å². The first-order chi connectivity index (χ1) is 16.6. The maximum absolute atomic E-state index is 13.5. The first-order valence-electron chi connectivity index (χ1n) is 10.5. The van der Waals surface area contributed by atoms with Crippen molar-refractivity contribution in [1.29, 1.82) is 5.26 Å². The number of nitrogens with zero attached hydrogens (tertiary/aromatic N) is 4. The molecule has 0 unspecified atom stereocenters. The van der Waals surface area contributed by atoms with E-state index < -0.39 is 29.6 Å². The fourth-order valence-electron chi connectivity index (χ4n) is 3.99. The molecule has 0 aliphatic carbocycles. The number of carbonyl (C=O) groups excluding carboxylic acids is 2. The molecule has 0 fully saturated rings. The number of benzene rings is 2. The third-order valence-electron chi connectivity index (χ3n) is 6.01. The van der Waals surface area contributed by atoms with Gasteiger partial charge in [0, 0.05) is 11.3 Å². The smallest absolute Gasteiger partial charge is 0.416 e. The molecule has 2 atom stereocenters. The van der Waals surface area contributed by atoms with Crippen LogP contribution >= 0.6 is 0 Å². The Labute approximate surface area is 198 Å². The number of halogens is 3. The second-order valence-electron chi connectivity index (χ2n) is 8.03. The van der Waals surface area contributed by atoms with Gasteiger partial charge < -0.3 is 15.0 Å². The van der Waals surface area contributed by atoms with Gasteiger partial charge in [-0.15, -0.1) is 0 Å². The Kier molecular flexibility index (Phi) is 5.98. The first-order valence-corrected chi connectivity index (χ1v) is 10.5. The van der Waals surface area contributed by atoms with Crippen molar-refractivity contribution in [2.24, 2.45) is 0 Å². The zero-order valence-corrected chi connectivity index (χ0v) is 18.9. The van der Waals surface area contributed by atoms with E-state index in [-0.39, 0.29) is 28.6 Å². The molecule has 180 valence electrons. The van der Waals surface area contributed by atoms with Crippen LogP contribution in [0.4, 0.5) is 24.5 Å². The lowest BCUT2D eigenvalue weighted by molar-refractivity contribution is -0.137. The normalized spacial score (nSPS) is 17.5. The molecule has 2 amide bonds. The Balaban J connectivity index is 1.66. The number of methoxy groups -OCH3 is 1. The molecule has 0 bridgehead atoms. The van der Waals surface area contributed by atoms with Crippen molar-refractivity contribution >= 4 is 23.2 Å². The molecule has 0 saturated carbocycles. The number of hydrogen-bond acceptors (Lipinski definition) is 5. The highest BCUT2D eigenvalue weighted by Gasteiger charge is 2.39. The summed E-state index contributed by atoms with van der Waals surface area (Å²) < 4.78 is 45.5. The number of hydrogen-bond donors (Lipinski definition) is 1. The molecule has 0 spiro atoms. The van der Waals surface area contributed by atoms with Crippen LogP contribution in [0, 0.1) is 11.3 Å². The summed E-state index contributed by atoms with van der Waals surface area (Å²) in [7, 11) is 1.41. The van der Waals surface area contributed by atoms with Crippen LogP contribution < -0.4 is 15.0 Å². The summed E-state index contributed by atoms with van der Waals surface area (Å²) in [6.45, 7) is 3.59. The van der Waals surface area contributed by atoms with Gasteiger partial charge in [0.15, 0.2) is 5.69 Å². The van der Waals surface area contributed by atoms with E-state index in [2.05, 4.69) is 10.4 Å². The highest BCUT2D eigenvalue weighted by atomic mass is 19.4. The molecule has 35 heavy (non-hydrogen) atoms. The molecule has 4 rings (SSSR count). The van der Waals surface area contributed by atoms with Crippen LogP contribution in [-0.2, 0) is 6.18 Å².